The van der Waals surface area contributed by atoms with Crippen LogP contribution in [0.2, 0.25) is 0 Å². The summed E-state index contributed by atoms with van der Waals surface area (Å²) in [5.41, 5.74) is 1.03. The SMILES string of the molecule is [B]c1cccc(N(CCN(C(C)=O)C(=O)OCOC(=O)CNC(=O)OC(C)(C)C)c2ccc(F)cc2)c1. The van der Waals surface area contributed by atoms with Crippen molar-refractivity contribution in [2.45, 2.75) is 33.3 Å². The van der Waals surface area contributed by atoms with E-state index in [1.54, 1.807) is 62.1 Å². The number of carbonyl (C=O) groups excluding carboxylic acids is 4. The number of esters is 1. The summed E-state index contributed by atoms with van der Waals surface area (Å²) < 4.78 is 28.1. The zero-order valence-corrected chi connectivity index (χ0v) is 21.2. The minimum atomic E-state index is -1.04. The average Bonchev–Trinajstić information content (AvgIpc) is 2.80. The first-order chi connectivity index (χ1) is 17.4. The fraction of sp³-hybridized carbons (Fsp3) is 0.360. The van der Waals surface area contributed by atoms with Crippen molar-refractivity contribution >= 4 is 48.7 Å². The van der Waals surface area contributed by atoms with Gasteiger partial charge in [-0.05, 0) is 57.2 Å². The van der Waals surface area contributed by atoms with Crippen LogP contribution >= 0.6 is 0 Å². The van der Waals surface area contributed by atoms with E-state index in [0.29, 0.717) is 16.8 Å². The van der Waals surface area contributed by atoms with E-state index in [4.69, 9.17) is 22.1 Å². The molecule has 0 aliphatic carbocycles. The number of nitrogens with one attached hydrogen (secondary N) is 1. The number of alkyl carbamates (subject to hydrolysis) is 1. The molecule has 37 heavy (non-hydrogen) atoms. The van der Waals surface area contributed by atoms with Crippen LogP contribution in [0.1, 0.15) is 27.7 Å². The number of carbonyl (C=O) groups is 4. The van der Waals surface area contributed by atoms with Crippen LogP contribution in [0.25, 0.3) is 0 Å². The van der Waals surface area contributed by atoms with Crippen LogP contribution in [0.4, 0.5) is 25.4 Å². The Balaban J connectivity index is 1.95. The zero-order chi connectivity index (χ0) is 27.6. The predicted molar refractivity (Wildman–Crippen MR) is 134 cm³/mol. The van der Waals surface area contributed by atoms with E-state index < -0.39 is 48.8 Å². The van der Waals surface area contributed by atoms with Crippen molar-refractivity contribution in [2.24, 2.45) is 0 Å². The first kappa shape index (κ1) is 29.1. The molecule has 10 nitrogen and oxygen atoms in total. The highest BCUT2D eigenvalue weighted by Gasteiger charge is 2.22. The highest BCUT2D eigenvalue weighted by molar-refractivity contribution is 6.32. The summed E-state index contributed by atoms with van der Waals surface area (Å²) in [5, 5.41) is 2.21. The van der Waals surface area contributed by atoms with Crippen molar-refractivity contribution in [3.8, 4) is 0 Å². The molecule has 0 bridgehead atoms. The zero-order valence-electron chi connectivity index (χ0n) is 21.2. The van der Waals surface area contributed by atoms with Crippen molar-refractivity contribution < 1.29 is 37.8 Å². The molecule has 1 N–H and O–H groups in total. The Labute approximate surface area is 216 Å². The average molecular weight is 513 g/mol. The number of halogens is 1. The lowest BCUT2D eigenvalue weighted by atomic mass is 9.95. The second kappa shape index (κ2) is 13.3. The summed E-state index contributed by atoms with van der Waals surface area (Å²) in [6.45, 7) is 4.93. The van der Waals surface area contributed by atoms with Gasteiger partial charge in [0.1, 0.15) is 25.8 Å². The number of nitrogens with zero attached hydrogens (tertiary/aromatic N) is 2. The molecule has 196 valence electrons. The van der Waals surface area contributed by atoms with E-state index in [-0.39, 0.29) is 13.1 Å². The molecular weight excluding hydrogens is 484 g/mol. The van der Waals surface area contributed by atoms with Crippen LogP contribution in [0.5, 0.6) is 0 Å². The van der Waals surface area contributed by atoms with Crippen molar-refractivity contribution in [3.05, 3.63) is 54.3 Å². The number of benzene rings is 2. The molecule has 3 amide bonds. The molecule has 12 heteroatoms. The van der Waals surface area contributed by atoms with E-state index in [9.17, 15) is 23.6 Å². The third-order valence-corrected chi connectivity index (χ3v) is 4.65. The third kappa shape index (κ3) is 10.2. The van der Waals surface area contributed by atoms with Crippen LogP contribution in [0.15, 0.2) is 48.5 Å². The molecule has 0 aliphatic rings. The van der Waals surface area contributed by atoms with E-state index in [1.807, 2.05) is 0 Å². The third-order valence-electron chi connectivity index (χ3n) is 4.65. The van der Waals surface area contributed by atoms with Gasteiger partial charge in [-0.2, -0.15) is 0 Å². The summed E-state index contributed by atoms with van der Waals surface area (Å²) in [6, 6.07) is 12.6. The van der Waals surface area contributed by atoms with E-state index in [1.165, 1.54) is 19.1 Å². The number of anilines is 2. The molecule has 2 aromatic carbocycles. The Hall–Kier alpha value is -4.09. The number of hydrogen-bond acceptors (Lipinski definition) is 8. The van der Waals surface area contributed by atoms with Crippen molar-refractivity contribution in [2.75, 3.05) is 31.3 Å². The van der Waals surface area contributed by atoms with Gasteiger partial charge in [-0.25, -0.2) is 18.9 Å². The lowest BCUT2D eigenvalue weighted by Crippen LogP contribution is -2.41. The Kier molecular flexibility index (Phi) is 10.5. The maximum absolute atomic E-state index is 13.5. The Morgan fingerprint density at radius 1 is 0.973 bits per heavy atom. The molecule has 0 heterocycles. The van der Waals surface area contributed by atoms with E-state index in [0.717, 1.165) is 4.90 Å². The van der Waals surface area contributed by atoms with Crippen molar-refractivity contribution in [1.82, 2.24) is 10.2 Å². The molecule has 2 aromatic rings. The van der Waals surface area contributed by atoms with Gasteiger partial charge in [-0.15, -0.1) is 0 Å². The predicted octanol–water partition coefficient (Wildman–Crippen LogP) is 2.77. The van der Waals surface area contributed by atoms with Crippen LogP contribution in [0, 0.1) is 5.82 Å². The van der Waals surface area contributed by atoms with Crippen LogP contribution < -0.4 is 15.7 Å². The minimum absolute atomic E-state index is 0.103. The lowest BCUT2D eigenvalue weighted by Gasteiger charge is -2.28. The number of rotatable bonds is 9. The van der Waals surface area contributed by atoms with Crippen molar-refractivity contribution in [3.63, 3.8) is 0 Å². The first-order valence-corrected chi connectivity index (χ1v) is 11.3. The summed E-state index contributed by atoms with van der Waals surface area (Å²) in [5.74, 6) is -1.90. The summed E-state index contributed by atoms with van der Waals surface area (Å²) in [4.78, 5) is 50.5. The number of ether oxygens (including phenoxy) is 3. The van der Waals surface area contributed by atoms with Gasteiger partial charge in [0.2, 0.25) is 12.7 Å². The van der Waals surface area contributed by atoms with Crippen LogP contribution in [-0.2, 0) is 23.8 Å². The van der Waals surface area contributed by atoms with Gasteiger partial charge in [0.05, 0.1) is 0 Å². The van der Waals surface area contributed by atoms with Crippen LogP contribution in [0.3, 0.4) is 0 Å². The second-order valence-corrected chi connectivity index (χ2v) is 8.79. The fourth-order valence-corrected chi connectivity index (χ4v) is 3.03. The normalized spacial score (nSPS) is 10.7. The summed E-state index contributed by atoms with van der Waals surface area (Å²) in [7, 11) is 5.90. The van der Waals surface area contributed by atoms with Crippen molar-refractivity contribution in [1.29, 1.82) is 0 Å². The smallest absolute Gasteiger partial charge is 0.419 e. The lowest BCUT2D eigenvalue weighted by molar-refractivity contribution is -0.151. The number of amides is 3. The summed E-state index contributed by atoms with van der Waals surface area (Å²) in [6.07, 6.45) is -1.85. The molecule has 0 unspecified atom stereocenters. The minimum Gasteiger partial charge on any atom is -0.444 e. The Morgan fingerprint density at radius 3 is 2.24 bits per heavy atom. The van der Waals surface area contributed by atoms with E-state index in [2.05, 4.69) is 5.32 Å². The molecule has 0 aromatic heterocycles. The molecule has 0 saturated heterocycles. The van der Waals surface area contributed by atoms with Gasteiger partial charge in [-0.3, -0.25) is 9.59 Å². The number of imide groups is 1. The Bertz CT molecular complexity index is 1110. The van der Waals surface area contributed by atoms with E-state index >= 15 is 0 Å². The fourth-order valence-electron chi connectivity index (χ4n) is 3.03. The molecule has 0 saturated carbocycles. The molecule has 2 radical (unpaired) electrons. The van der Waals surface area contributed by atoms with Gasteiger partial charge in [0.25, 0.3) is 0 Å². The maximum atomic E-state index is 13.5. The molecule has 0 fully saturated rings. The largest absolute Gasteiger partial charge is 0.444 e. The molecular formula is C25H29BFN3O7. The monoisotopic (exact) mass is 513 g/mol. The van der Waals surface area contributed by atoms with Gasteiger partial charge in [0, 0.05) is 31.4 Å². The Morgan fingerprint density at radius 2 is 1.65 bits per heavy atom. The molecule has 0 spiro atoms. The summed E-state index contributed by atoms with van der Waals surface area (Å²) >= 11 is 0. The highest BCUT2D eigenvalue weighted by atomic mass is 19.1. The second-order valence-electron chi connectivity index (χ2n) is 8.79. The van der Waals surface area contributed by atoms with Gasteiger partial charge in [0.15, 0.2) is 0 Å². The molecule has 0 aliphatic heterocycles. The quantitative estimate of drug-likeness (QED) is 0.310. The standard InChI is InChI=1S/C25H29BFN3O7/c1-17(31)29(24(34)36-16-35-22(32)15-28-23(33)37-25(2,3)4)12-13-30(20-10-8-19(27)9-11-20)21-7-5-6-18(26)14-21/h5-11,14H,12-13,15-16H2,1-4H3,(H,28,33). The molecule has 2 rings (SSSR count). The van der Waals surface area contributed by atoms with Gasteiger partial charge >= 0.3 is 18.2 Å². The number of hydrogen-bond donors (Lipinski definition) is 1. The van der Waals surface area contributed by atoms with Gasteiger partial charge in [-0.1, -0.05) is 17.6 Å². The van der Waals surface area contributed by atoms with Crippen LogP contribution in [-0.4, -0.2) is 68.8 Å². The highest BCUT2D eigenvalue weighted by Crippen LogP contribution is 2.24. The molecule has 0 atom stereocenters. The maximum Gasteiger partial charge on any atom is 0.419 e. The topological polar surface area (TPSA) is 114 Å². The van der Waals surface area contributed by atoms with Gasteiger partial charge < -0.3 is 24.4 Å². The first-order valence-electron chi connectivity index (χ1n) is 11.3.